The topological polar surface area (TPSA) is 20.2 Å². The molecule has 0 bridgehead atoms. The van der Waals surface area contributed by atoms with Crippen LogP contribution in [0.5, 0.6) is 0 Å². The molecule has 0 radical (unpaired) electrons. The molecule has 0 unspecified atom stereocenters. The molecule has 3 rings (SSSR count). The van der Waals surface area contributed by atoms with Crippen LogP contribution in [0.4, 0.5) is 0 Å². The zero-order valence-electron chi connectivity index (χ0n) is 18.6. The lowest BCUT2D eigenvalue weighted by atomic mass is 9.79. The average Bonchev–Trinajstić information content (AvgIpc) is 2.73. The van der Waals surface area contributed by atoms with Gasteiger partial charge in [-0.2, -0.15) is 0 Å². The van der Waals surface area contributed by atoms with E-state index in [0.29, 0.717) is 17.8 Å². The molecule has 0 atom stereocenters. The van der Waals surface area contributed by atoms with E-state index in [4.69, 9.17) is 0 Å². The highest BCUT2D eigenvalue weighted by atomic mass is 16.3. The number of benzene rings is 3. The lowest BCUT2D eigenvalue weighted by molar-refractivity contribution is 0.125. The minimum Gasteiger partial charge on any atom is -0.376 e. The summed E-state index contributed by atoms with van der Waals surface area (Å²) in [5.41, 5.74) is 5.36. The van der Waals surface area contributed by atoms with Gasteiger partial charge < -0.3 is 5.11 Å². The van der Waals surface area contributed by atoms with Crippen molar-refractivity contribution in [3.63, 3.8) is 0 Å². The Bertz CT molecular complexity index is 788. The Balaban J connectivity index is 2.14. The van der Waals surface area contributed by atoms with Crippen LogP contribution in [0.25, 0.3) is 0 Å². The second kappa shape index (κ2) is 8.55. The van der Waals surface area contributed by atoms with Crippen LogP contribution in [0.3, 0.4) is 0 Å². The van der Waals surface area contributed by atoms with E-state index < -0.39 is 5.60 Å². The van der Waals surface area contributed by atoms with Crippen molar-refractivity contribution < 1.29 is 5.11 Å². The Kier molecular flexibility index (Phi) is 6.29. The molecule has 1 N–H and O–H groups in total. The van der Waals surface area contributed by atoms with Crippen LogP contribution >= 0.6 is 0 Å². The van der Waals surface area contributed by atoms with Crippen molar-refractivity contribution in [3.05, 3.63) is 106 Å². The molecular formula is C28H34O. The molecule has 3 aromatic rings. The van der Waals surface area contributed by atoms with Gasteiger partial charge in [0.25, 0.3) is 0 Å². The van der Waals surface area contributed by atoms with E-state index in [2.05, 4.69) is 114 Å². The second-order valence-electron chi connectivity index (χ2n) is 9.04. The van der Waals surface area contributed by atoms with Gasteiger partial charge in [-0.25, -0.2) is 0 Å². The first-order valence-corrected chi connectivity index (χ1v) is 10.8. The van der Waals surface area contributed by atoms with E-state index in [1.165, 1.54) is 16.7 Å². The van der Waals surface area contributed by atoms with E-state index in [-0.39, 0.29) is 0 Å². The molecule has 0 saturated carbocycles. The molecule has 0 spiro atoms. The molecule has 0 amide bonds. The summed E-state index contributed by atoms with van der Waals surface area (Å²) in [6, 6.07) is 25.2. The van der Waals surface area contributed by atoms with Crippen LogP contribution in [-0.4, -0.2) is 5.11 Å². The Morgan fingerprint density at radius 2 is 0.655 bits per heavy atom. The van der Waals surface area contributed by atoms with Crippen molar-refractivity contribution in [2.24, 2.45) is 0 Å². The highest BCUT2D eigenvalue weighted by Gasteiger charge is 2.34. The fourth-order valence-electron chi connectivity index (χ4n) is 3.83. The molecule has 29 heavy (non-hydrogen) atoms. The van der Waals surface area contributed by atoms with Gasteiger partial charge in [-0.3, -0.25) is 0 Å². The summed E-state index contributed by atoms with van der Waals surface area (Å²) in [5.74, 6) is 1.40. The van der Waals surface area contributed by atoms with Gasteiger partial charge in [-0.05, 0) is 51.1 Å². The van der Waals surface area contributed by atoms with E-state index in [0.717, 1.165) is 16.7 Å². The molecule has 1 nitrogen and oxygen atoms in total. The van der Waals surface area contributed by atoms with Crippen LogP contribution in [0.1, 0.15) is 92.7 Å². The van der Waals surface area contributed by atoms with Gasteiger partial charge in [0.05, 0.1) is 0 Å². The SMILES string of the molecule is CC(C)c1ccc(C(O)(c2ccc(C(C)C)cc2)c2ccc(C(C)C)cc2)cc1. The van der Waals surface area contributed by atoms with Crippen LogP contribution in [0.2, 0.25) is 0 Å². The van der Waals surface area contributed by atoms with Crippen molar-refractivity contribution in [3.8, 4) is 0 Å². The molecule has 152 valence electrons. The van der Waals surface area contributed by atoms with Crippen molar-refractivity contribution in [1.29, 1.82) is 0 Å². The molecule has 0 aliphatic heterocycles. The molecular weight excluding hydrogens is 352 g/mol. The second-order valence-corrected chi connectivity index (χ2v) is 9.04. The van der Waals surface area contributed by atoms with Crippen molar-refractivity contribution in [1.82, 2.24) is 0 Å². The number of aliphatic hydroxyl groups is 1. The summed E-state index contributed by atoms with van der Waals surface area (Å²) in [4.78, 5) is 0. The van der Waals surface area contributed by atoms with Crippen LogP contribution in [0.15, 0.2) is 72.8 Å². The third-order valence-electron chi connectivity index (χ3n) is 5.99. The maximum absolute atomic E-state index is 12.1. The van der Waals surface area contributed by atoms with E-state index >= 15 is 0 Å². The third kappa shape index (κ3) is 4.31. The van der Waals surface area contributed by atoms with Crippen LogP contribution in [0, 0.1) is 0 Å². The molecule has 3 aromatic carbocycles. The zero-order chi connectivity index (χ0) is 21.2. The Hall–Kier alpha value is -2.38. The summed E-state index contributed by atoms with van der Waals surface area (Å²) >= 11 is 0. The quantitative estimate of drug-likeness (QED) is 0.439. The van der Waals surface area contributed by atoms with Gasteiger partial charge in [-0.1, -0.05) is 114 Å². The monoisotopic (exact) mass is 386 g/mol. The summed E-state index contributed by atoms with van der Waals surface area (Å²) in [5, 5.41) is 12.1. The lowest BCUT2D eigenvalue weighted by Gasteiger charge is -2.31. The van der Waals surface area contributed by atoms with Crippen molar-refractivity contribution in [2.45, 2.75) is 64.9 Å². The predicted octanol–water partition coefficient (Wildman–Crippen LogP) is 7.34. The first kappa shape index (κ1) is 21.3. The number of rotatable bonds is 6. The lowest BCUT2D eigenvalue weighted by Crippen LogP contribution is -2.29. The maximum Gasteiger partial charge on any atom is 0.140 e. The highest BCUT2D eigenvalue weighted by Crippen LogP contribution is 2.38. The Morgan fingerprint density at radius 3 is 0.828 bits per heavy atom. The molecule has 0 fully saturated rings. The number of hydrogen-bond acceptors (Lipinski definition) is 1. The fraction of sp³-hybridized carbons (Fsp3) is 0.357. The molecule has 0 aliphatic rings. The normalized spacial score (nSPS) is 12.2. The van der Waals surface area contributed by atoms with Crippen LogP contribution < -0.4 is 0 Å². The first-order valence-electron chi connectivity index (χ1n) is 10.8. The fourth-order valence-corrected chi connectivity index (χ4v) is 3.83. The van der Waals surface area contributed by atoms with E-state index in [1.807, 2.05) is 0 Å². The van der Waals surface area contributed by atoms with Gasteiger partial charge in [0.1, 0.15) is 5.60 Å². The molecule has 0 aromatic heterocycles. The largest absolute Gasteiger partial charge is 0.376 e. The van der Waals surface area contributed by atoms with Gasteiger partial charge in [-0.15, -0.1) is 0 Å². The minimum absolute atomic E-state index is 0.466. The smallest absolute Gasteiger partial charge is 0.140 e. The highest BCUT2D eigenvalue weighted by molar-refractivity contribution is 5.49. The summed E-state index contributed by atoms with van der Waals surface area (Å²) in [6.07, 6.45) is 0. The number of hydrogen-bond donors (Lipinski definition) is 1. The molecule has 0 aliphatic carbocycles. The summed E-state index contributed by atoms with van der Waals surface area (Å²) < 4.78 is 0. The van der Waals surface area contributed by atoms with E-state index in [9.17, 15) is 5.11 Å². The maximum atomic E-state index is 12.1. The Morgan fingerprint density at radius 1 is 0.448 bits per heavy atom. The molecule has 1 heteroatoms. The van der Waals surface area contributed by atoms with Crippen molar-refractivity contribution >= 4 is 0 Å². The minimum atomic E-state index is -1.18. The molecule has 0 saturated heterocycles. The van der Waals surface area contributed by atoms with Gasteiger partial charge in [0.15, 0.2) is 0 Å². The standard InChI is InChI=1S/C28H34O/c1-19(2)22-7-13-25(14-8-22)28(29,26-15-9-23(10-16-26)20(3)4)27-17-11-24(12-18-27)21(5)6/h7-21,29H,1-6H3. The molecule has 0 heterocycles. The summed E-state index contributed by atoms with van der Waals surface area (Å²) in [7, 11) is 0. The van der Waals surface area contributed by atoms with Gasteiger partial charge in [0.2, 0.25) is 0 Å². The Labute approximate surface area is 176 Å². The summed E-state index contributed by atoms with van der Waals surface area (Å²) in [6.45, 7) is 13.1. The van der Waals surface area contributed by atoms with Gasteiger partial charge in [0, 0.05) is 0 Å². The van der Waals surface area contributed by atoms with Crippen LogP contribution in [-0.2, 0) is 5.60 Å². The first-order chi connectivity index (χ1) is 13.7. The van der Waals surface area contributed by atoms with E-state index in [1.54, 1.807) is 0 Å². The van der Waals surface area contributed by atoms with Gasteiger partial charge >= 0.3 is 0 Å². The third-order valence-corrected chi connectivity index (χ3v) is 5.99. The zero-order valence-corrected chi connectivity index (χ0v) is 18.6. The predicted molar refractivity (Wildman–Crippen MR) is 124 cm³/mol. The average molecular weight is 387 g/mol. The van der Waals surface area contributed by atoms with Crippen molar-refractivity contribution in [2.75, 3.05) is 0 Å².